The highest BCUT2D eigenvalue weighted by Crippen LogP contribution is 2.47. The van der Waals surface area contributed by atoms with E-state index in [0.29, 0.717) is 0 Å². The van der Waals surface area contributed by atoms with Crippen molar-refractivity contribution in [2.45, 2.75) is 19.4 Å². The van der Waals surface area contributed by atoms with Gasteiger partial charge in [0.1, 0.15) is 11.5 Å². The molecule has 0 aliphatic carbocycles. The molecule has 0 radical (unpaired) electrons. The second-order valence-corrected chi connectivity index (χ2v) is 8.12. The first kappa shape index (κ1) is 19.4. The van der Waals surface area contributed by atoms with Gasteiger partial charge in [-0.3, -0.25) is 0 Å². The molecule has 1 N–H and O–H groups in total. The molecule has 1 aliphatic heterocycles. The van der Waals surface area contributed by atoms with Gasteiger partial charge in [0.05, 0.1) is 31.0 Å². The van der Waals surface area contributed by atoms with Gasteiger partial charge in [-0.2, -0.15) is 11.8 Å². The maximum atomic E-state index is 5.65. The van der Waals surface area contributed by atoms with Crippen LogP contribution in [0.4, 0.5) is 5.69 Å². The van der Waals surface area contributed by atoms with E-state index in [1.54, 1.807) is 14.2 Å². The number of hydrogen-bond donors (Lipinski definition) is 1. The summed E-state index contributed by atoms with van der Waals surface area (Å²) in [5, 5.41) is 3.71. The van der Waals surface area contributed by atoms with Crippen molar-refractivity contribution in [1.82, 2.24) is 0 Å². The summed E-state index contributed by atoms with van der Waals surface area (Å²) in [5.41, 5.74) is 5.63. The van der Waals surface area contributed by atoms with E-state index in [4.69, 9.17) is 9.47 Å². The zero-order valence-corrected chi connectivity index (χ0v) is 17.3. The van der Waals surface area contributed by atoms with Gasteiger partial charge in [-0.25, -0.2) is 0 Å². The number of benzene rings is 2. The molecule has 27 heavy (non-hydrogen) atoms. The molecule has 0 aromatic heterocycles. The molecule has 4 heteroatoms. The van der Waals surface area contributed by atoms with Crippen molar-refractivity contribution in [1.29, 1.82) is 0 Å². The van der Waals surface area contributed by atoms with Crippen LogP contribution in [0, 0.1) is 0 Å². The molecule has 0 bridgehead atoms. The van der Waals surface area contributed by atoms with E-state index >= 15 is 0 Å². The molecule has 2 aromatic rings. The zero-order chi connectivity index (χ0) is 19.4. The van der Waals surface area contributed by atoms with Crippen molar-refractivity contribution in [3.63, 3.8) is 0 Å². The summed E-state index contributed by atoms with van der Waals surface area (Å²) in [6.45, 7) is 8.23. The Morgan fingerprint density at radius 3 is 2.30 bits per heavy atom. The lowest BCUT2D eigenvalue weighted by Crippen LogP contribution is -2.32. The molecule has 0 unspecified atom stereocenters. The largest absolute Gasteiger partial charge is 0.496 e. The molecule has 2 aromatic carbocycles. The van der Waals surface area contributed by atoms with Gasteiger partial charge in [-0.05, 0) is 31.6 Å². The van der Waals surface area contributed by atoms with Crippen LogP contribution in [0.25, 0.3) is 16.7 Å². The van der Waals surface area contributed by atoms with Crippen LogP contribution < -0.4 is 14.8 Å². The van der Waals surface area contributed by atoms with E-state index in [0.717, 1.165) is 39.8 Å². The summed E-state index contributed by atoms with van der Waals surface area (Å²) in [6.07, 6.45) is 4.28. The summed E-state index contributed by atoms with van der Waals surface area (Å²) in [4.78, 5) is 0. The van der Waals surface area contributed by atoms with Gasteiger partial charge in [0.25, 0.3) is 0 Å². The molecule has 1 heterocycles. The highest BCUT2D eigenvalue weighted by molar-refractivity contribution is 7.99. The minimum Gasteiger partial charge on any atom is -0.496 e. The standard InChI is InChI=1S/C23H27NO2S/c1-6-13-27-15-16-14-23(2,3)24-22-17(16)9-7-10-18(22)21-19(25-4)11-8-12-20(21)26-5/h6-12,14,24H,1,13,15H2,2-5H3. The number of thioether (sulfide) groups is 1. The van der Waals surface area contributed by atoms with Crippen molar-refractivity contribution >= 4 is 23.0 Å². The summed E-state index contributed by atoms with van der Waals surface area (Å²) in [7, 11) is 3.39. The minimum atomic E-state index is -0.136. The Labute approximate surface area is 166 Å². The van der Waals surface area contributed by atoms with Gasteiger partial charge in [0.15, 0.2) is 0 Å². The molecule has 3 rings (SSSR count). The number of fused-ring (bicyclic) bond motifs is 1. The summed E-state index contributed by atoms with van der Waals surface area (Å²) in [5.74, 6) is 3.51. The maximum absolute atomic E-state index is 5.65. The van der Waals surface area contributed by atoms with Crippen molar-refractivity contribution in [2.75, 3.05) is 31.0 Å². The fraction of sp³-hybridized carbons (Fsp3) is 0.304. The Morgan fingerprint density at radius 1 is 1.04 bits per heavy atom. The third-order valence-electron chi connectivity index (χ3n) is 4.58. The van der Waals surface area contributed by atoms with Crippen LogP contribution in [0.15, 0.2) is 55.1 Å². The summed E-state index contributed by atoms with van der Waals surface area (Å²) < 4.78 is 11.3. The van der Waals surface area contributed by atoms with Gasteiger partial charge >= 0.3 is 0 Å². The number of hydrogen-bond acceptors (Lipinski definition) is 4. The van der Waals surface area contributed by atoms with Gasteiger partial charge in [0.2, 0.25) is 0 Å². The molecule has 0 saturated heterocycles. The van der Waals surface area contributed by atoms with Gasteiger partial charge in [-0.1, -0.05) is 36.4 Å². The highest BCUT2D eigenvalue weighted by atomic mass is 32.2. The van der Waals surface area contributed by atoms with E-state index in [-0.39, 0.29) is 5.54 Å². The van der Waals surface area contributed by atoms with Crippen LogP contribution in [0.3, 0.4) is 0 Å². The number of methoxy groups -OCH3 is 2. The predicted molar refractivity (Wildman–Crippen MR) is 118 cm³/mol. The molecule has 3 nitrogen and oxygen atoms in total. The van der Waals surface area contributed by atoms with E-state index < -0.39 is 0 Å². The summed E-state index contributed by atoms with van der Waals surface area (Å²) in [6, 6.07) is 12.3. The van der Waals surface area contributed by atoms with Crippen molar-refractivity contribution in [3.8, 4) is 22.6 Å². The third kappa shape index (κ3) is 4.01. The lowest BCUT2D eigenvalue weighted by Gasteiger charge is -2.34. The lowest BCUT2D eigenvalue weighted by atomic mass is 9.87. The quantitative estimate of drug-likeness (QED) is 0.479. The Bertz CT molecular complexity index is 848. The number of ether oxygens (including phenoxy) is 2. The third-order valence-corrected chi connectivity index (χ3v) is 5.57. The Balaban J connectivity index is 2.17. The highest BCUT2D eigenvalue weighted by Gasteiger charge is 2.28. The first-order chi connectivity index (χ1) is 13.0. The van der Waals surface area contributed by atoms with Crippen molar-refractivity contribution in [2.24, 2.45) is 0 Å². The summed E-state index contributed by atoms with van der Waals surface area (Å²) >= 11 is 1.88. The number of nitrogens with one attached hydrogen (secondary N) is 1. The van der Waals surface area contributed by atoms with Crippen LogP contribution in [-0.4, -0.2) is 31.3 Å². The second kappa shape index (κ2) is 8.13. The number of para-hydroxylation sites is 1. The SMILES string of the molecule is C=CCSCC1=CC(C)(C)Nc2c1cccc2-c1c(OC)cccc1OC. The predicted octanol–water partition coefficient (Wildman–Crippen LogP) is 5.88. The first-order valence-electron chi connectivity index (χ1n) is 9.04. The molecule has 1 aliphatic rings. The Morgan fingerprint density at radius 2 is 1.67 bits per heavy atom. The number of anilines is 1. The number of rotatable bonds is 7. The molecular formula is C23H27NO2S. The Hall–Kier alpha value is -2.33. The normalized spacial score (nSPS) is 14.6. The second-order valence-electron chi connectivity index (χ2n) is 7.09. The Kier molecular flexibility index (Phi) is 5.85. The van der Waals surface area contributed by atoms with Crippen LogP contribution in [-0.2, 0) is 0 Å². The first-order valence-corrected chi connectivity index (χ1v) is 10.2. The van der Waals surface area contributed by atoms with E-state index in [2.05, 4.69) is 50.0 Å². The van der Waals surface area contributed by atoms with Gasteiger partial charge < -0.3 is 14.8 Å². The average Bonchev–Trinajstić information content (AvgIpc) is 2.66. The van der Waals surface area contributed by atoms with Crippen LogP contribution >= 0.6 is 11.8 Å². The molecular weight excluding hydrogens is 354 g/mol. The average molecular weight is 382 g/mol. The van der Waals surface area contributed by atoms with Crippen molar-refractivity contribution < 1.29 is 9.47 Å². The van der Waals surface area contributed by atoms with Gasteiger partial charge in [0, 0.05) is 22.6 Å². The maximum Gasteiger partial charge on any atom is 0.130 e. The van der Waals surface area contributed by atoms with Crippen molar-refractivity contribution in [3.05, 3.63) is 60.7 Å². The fourth-order valence-corrected chi connectivity index (χ4v) is 4.27. The van der Waals surface area contributed by atoms with E-state index in [1.807, 2.05) is 36.0 Å². The molecule has 0 amide bonds. The monoisotopic (exact) mass is 381 g/mol. The molecule has 142 valence electrons. The topological polar surface area (TPSA) is 30.5 Å². The lowest BCUT2D eigenvalue weighted by molar-refractivity contribution is 0.397. The minimum absolute atomic E-state index is 0.136. The fourth-order valence-electron chi connectivity index (χ4n) is 3.52. The molecule has 0 fully saturated rings. The van der Waals surface area contributed by atoms with Crippen LogP contribution in [0.2, 0.25) is 0 Å². The molecule has 0 saturated carbocycles. The van der Waals surface area contributed by atoms with E-state index in [9.17, 15) is 0 Å². The zero-order valence-electron chi connectivity index (χ0n) is 16.5. The van der Waals surface area contributed by atoms with E-state index in [1.165, 1.54) is 11.1 Å². The van der Waals surface area contributed by atoms with Crippen LogP contribution in [0.5, 0.6) is 11.5 Å². The molecule has 0 spiro atoms. The van der Waals surface area contributed by atoms with Crippen LogP contribution in [0.1, 0.15) is 19.4 Å². The smallest absolute Gasteiger partial charge is 0.130 e. The van der Waals surface area contributed by atoms with Gasteiger partial charge in [-0.15, -0.1) is 6.58 Å². The molecule has 0 atom stereocenters.